The van der Waals surface area contributed by atoms with Gasteiger partial charge in [0.15, 0.2) is 0 Å². The summed E-state index contributed by atoms with van der Waals surface area (Å²) in [5.74, 6) is 0. The van der Waals surface area contributed by atoms with Gasteiger partial charge >= 0.3 is 0 Å². The highest BCUT2D eigenvalue weighted by atomic mass is 14.0. The van der Waals surface area contributed by atoms with Gasteiger partial charge in [-0.3, -0.25) is 0 Å². The van der Waals surface area contributed by atoms with Gasteiger partial charge in [-0.15, -0.1) is 0 Å². The molecule has 23 heavy (non-hydrogen) atoms. The van der Waals surface area contributed by atoms with Crippen LogP contribution in [0.25, 0.3) is 0 Å². The number of hydrogen-bond acceptors (Lipinski definition) is 0. The molecule has 0 saturated heterocycles. The van der Waals surface area contributed by atoms with E-state index in [0.717, 1.165) is 0 Å². The fourth-order valence-corrected chi connectivity index (χ4v) is 3.20. The van der Waals surface area contributed by atoms with Crippen LogP contribution in [0, 0.1) is 0 Å². The molecular weight excluding hydrogens is 276 g/mol. The van der Waals surface area contributed by atoms with Crippen molar-refractivity contribution in [2.75, 3.05) is 0 Å². The fraction of sp³-hybridized carbons (Fsp3) is 0.913. The van der Waals surface area contributed by atoms with Gasteiger partial charge in [0.05, 0.1) is 0 Å². The van der Waals surface area contributed by atoms with Crippen molar-refractivity contribution in [3.8, 4) is 0 Å². The maximum atomic E-state index is 2.43. The molecule has 0 N–H and O–H groups in total. The zero-order valence-electron chi connectivity index (χ0n) is 16.6. The molecule has 0 aromatic heterocycles. The van der Waals surface area contributed by atoms with Gasteiger partial charge in [0.2, 0.25) is 0 Å². The van der Waals surface area contributed by atoms with Crippen LogP contribution in [-0.4, -0.2) is 0 Å². The van der Waals surface area contributed by atoms with Gasteiger partial charge in [-0.2, -0.15) is 0 Å². The second-order valence-electron chi connectivity index (χ2n) is 7.35. The van der Waals surface area contributed by atoms with Gasteiger partial charge < -0.3 is 0 Å². The average molecular weight is 323 g/mol. The maximum Gasteiger partial charge on any atom is -0.0351 e. The van der Waals surface area contributed by atoms with Crippen LogP contribution in [0.15, 0.2) is 12.2 Å². The normalized spacial score (nSPS) is 11.6. The third kappa shape index (κ3) is 21.7. The summed E-state index contributed by atoms with van der Waals surface area (Å²) in [5, 5.41) is 0. The summed E-state index contributed by atoms with van der Waals surface area (Å²) in [4.78, 5) is 0. The van der Waals surface area contributed by atoms with Gasteiger partial charge in [-0.05, 0) is 25.7 Å². The molecule has 0 aromatic rings. The van der Waals surface area contributed by atoms with E-state index in [1.165, 1.54) is 122 Å². The number of hydrogen-bond donors (Lipinski definition) is 0. The largest absolute Gasteiger partial charge is 0.0885 e. The lowest BCUT2D eigenvalue weighted by Gasteiger charge is -2.02. The number of rotatable bonds is 19. The van der Waals surface area contributed by atoms with Crippen LogP contribution in [0.5, 0.6) is 0 Å². The summed E-state index contributed by atoms with van der Waals surface area (Å²) in [5.41, 5.74) is 0. The Labute approximate surface area is 148 Å². The summed E-state index contributed by atoms with van der Waals surface area (Å²) in [6.07, 6.45) is 31.9. The Morgan fingerprint density at radius 3 is 0.913 bits per heavy atom. The van der Waals surface area contributed by atoms with E-state index in [1.54, 1.807) is 0 Å². The molecule has 0 bridgehead atoms. The van der Waals surface area contributed by atoms with E-state index in [0.29, 0.717) is 0 Å². The van der Waals surface area contributed by atoms with Crippen LogP contribution in [0.3, 0.4) is 0 Å². The monoisotopic (exact) mass is 322 g/mol. The fourth-order valence-electron chi connectivity index (χ4n) is 3.20. The van der Waals surface area contributed by atoms with E-state index in [4.69, 9.17) is 0 Å². The summed E-state index contributed by atoms with van der Waals surface area (Å²) in [6, 6.07) is 0. The maximum absolute atomic E-state index is 2.43. The predicted molar refractivity (Wildman–Crippen MR) is 108 cm³/mol. The molecular formula is C23H46. The summed E-state index contributed by atoms with van der Waals surface area (Å²) < 4.78 is 0. The van der Waals surface area contributed by atoms with Crippen molar-refractivity contribution >= 4 is 0 Å². The third-order valence-corrected chi connectivity index (χ3v) is 4.87. The molecule has 0 rings (SSSR count). The molecule has 0 heterocycles. The molecule has 0 nitrogen and oxygen atoms in total. The first-order valence-electron chi connectivity index (χ1n) is 11.1. The molecule has 0 amide bonds. The number of unbranched alkanes of at least 4 members (excludes halogenated alkanes) is 17. The molecule has 0 saturated carbocycles. The van der Waals surface area contributed by atoms with Crippen LogP contribution >= 0.6 is 0 Å². The van der Waals surface area contributed by atoms with Crippen molar-refractivity contribution in [2.45, 2.75) is 136 Å². The van der Waals surface area contributed by atoms with E-state index in [1.807, 2.05) is 0 Å². The van der Waals surface area contributed by atoms with Crippen LogP contribution in [0.1, 0.15) is 136 Å². The second kappa shape index (κ2) is 21.7. The van der Waals surface area contributed by atoms with Gasteiger partial charge in [-0.25, -0.2) is 0 Å². The van der Waals surface area contributed by atoms with E-state index >= 15 is 0 Å². The van der Waals surface area contributed by atoms with E-state index < -0.39 is 0 Å². The lowest BCUT2D eigenvalue weighted by atomic mass is 10.0. The minimum absolute atomic E-state index is 1.31. The van der Waals surface area contributed by atoms with E-state index in [-0.39, 0.29) is 0 Å². The highest BCUT2D eigenvalue weighted by molar-refractivity contribution is 4.81. The topological polar surface area (TPSA) is 0 Å². The minimum atomic E-state index is 1.31. The smallest absolute Gasteiger partial charge is 0.0351 e. The molecule has 0 atom stereocenters. The van der Waals surface area contributed by atoms with Crippen molar-refractivity contribution in [2.24, 2.45) is 0 Å². The van der Waals surface area contributed by atoms with Crippen molar-refractivity contribution in [3.63, 3.8) is 0 Å². The van der Waals surface area contributed by atoms with E-state index in [2.05, 4.69) is 26.0 Å². The molecule has 0 radical (unpaired) electrons. The van der Waals surface area contributed by atoms with Gasteiger partial charge in [0, 0.05) is 0 Å². The molecule has 0 aliphatic heterocycles. The summed E-state index contributed by atoms with van der Waals surface area (Å²) in [6.45, 7) is 4.58. The standard InChI is InChI=1S/C23H46/c1-3-5-7-9-11-13-15-17-19-21-23-22-20-18-16-14-12-10-8-6-4-2/h15,17H,3-14,16,18-23H2,1-2H3. The van der Waals surface area contributed by atoms with Crippen molar-refractivity contribution in [3.05, 3.63) is 12.2 Å². The van der Waals surface area contributed by atoms with Crippen LogP contribution < -0.4 is 0 Å². The summed E-state index contributed by atoms with van der Waals surface area (Å²) in [7, 11) is 0. The Morgan fingerprint density at radius 1 is 0.348 bits per heavy atom. The van der Waals surface area contributed by atoms with Crippen LogP contribution in [-0.2, 0) is 0 Å². The van der Waals surface area contributed by atoms with Crippen molar-refractivity contribution in [1.82, 2.24) is 0 Å². The molecule has 0 aromatic carbocycles. The first-order chi connectivity index (χ1) is 11.4. The Kier molecular flexibility index (Phi) is 21.5. The third-order valence-electron chi connectivity index (χ3n) is 4.87. The van der Waals surface area contributed by atoms with Crippen molar-refractivity contribution < 1.29 is 0 Å². The van der Waals surface area contributed by atoms with Crippen LogP contribution in [0.4, 0.5) is 0 Å². The predicted octanol–water partition coefficient (Wildman–Crippen LogP) is 8.99. The highest BCUT2D eigenvalue weighted by Crippen LogP contribution is 2.12. The Hall–Kier alpha value is -0.260. The molecule has 0 heteroatoms. The minimum Gasteiger partial charge on any atom is -0.0885 e. The lowest BCUT2D eigenvalue weighted by molar-refractivity contribution is 0.545. The molecule has 0 fully saturated rings. The molecule has 0 spiro atoms. The molecule has 0 unspecified atom stereocenters. The average Bonchev–Trinajstić information content (AvgIpc) is 2.57. The Morgan fingerprint density at radius 2 is 0.609 bits per heavy atom. The quantitative estimate of drug-likeness (QED) is 0.164. The highest BCUT2D eigenvalue weighted by Gasteiger charge is 1.93. The first-order valence-corrected chi connectivity index (χ1v) is 11.1. The SMILES string of the molecule is CCCCCCCC=CCCCCCCCCCCCCCC. The molecule has 0 aliphatic carbocycles. The number of allylic oxidation sites excluding steroid dienone is 2. The van der Waals surface area contributed by atoms with Gasteiger partial charge in [0.1, 0.15) is 0 Å². The van der Waals surface area contributed by atoms with Crippen LogP contribution in [0.2, 0.25) is 0 Å². The second-order valence-corrected chi connectivity index (χ2v) is 7.35. The lowest BCUT2D eigenvalue weighted by Crippen LogP contribution is -1.82. The molecule has 138 valence electrons. The van der Waals surface area contributed by atoms with E-state index in [9.17, 15) is 0 Å². The Balaban J connectivity index is 3.02. The Bertz CT molecular complexity index is 216. The molecule has 0 aliphatic rings. The van der Waals surface area contributed by atoms with Gasteiger partial charge in [0.25, 0.3) is 0 Å². The van der Waals surface area contributed by atoms with Crippen molar-refractivity contribution in [1.29, 1.82) is 0 Å². The summed E-state index contributed by atoms with van der Waals surface area (Å²) >= 11 is 0. The van der Waals surface area contributed by atoms with Gasteiger partial charge in [-0.1, -0.05) is 122 Å². The zero-order chi connectivity index (χ0) is 16.8. The zero-order valence-corrected chi connectivity index (χ0v) is 16.6. The first kappa shape index (κ1) is 22.7.